The van der Waals surface area contributed by atoms with Crippen LogP contribution in [0.15, 0.2) is 42.7 Å². The molecule has 0 bridgehead atoms. The third-order valence-corrected chi connectivity index (χ3v) is 3.62. The van der Waals surface area contributed by atoms with E-state index < -0.39 is 18.3 Å². The molecule has 0 radical (unpaired) electrons. The largest absolute Gasteiger partial charge is 0.368 e. The molecule has 0 unspecified atom stereocenters. The van der Waals surface area contributed by atoms with Crippen LogP contribution < -0.4 is 5.32 Å². The molecule has 0 saturated heterocycles. The lowest BCUT2D eigenvalue weighted by Gasteiger charge is -2.07. The molecule has 0 atom stereocenters. The van der Waals surface area contributed by atoms with Crippen molar-refractivity contribution in [1.29, 1.82) is 0 Å². The maximum atomic E-state index is 14.0. The van der Waals surface area contributed by atoms with Crippen LogP contribution in [0.2, 0.25) is 0 Å². The maximum Gasteiger partial charge on any atom is 0.149 e. The molecule has 0 fully saturated rings. The van der Waals surface area contributed by atoms with Gasteiger partial charge in [0.05, 0.1) is 5.39 Å². The Morgan fingerprint density at radius 3 is 2.64 bits per heavy atom. The summed E-state index contributed by atoms with van der Waals surface area (Å²) in [6.07, 6.45) is 1.61. The first-order chi connectivity index (χ1) is 12.2. The number of nitrogens with one attached hydrogen (secondary N) is 1. The Labute approximate surface area is 142 Å². The number of hydrogen-bond acceptors (Lipinski definition) is 3. The summed E-state index contributed by atoms with van der Waals surface area (Å²) < 4.78 is 40.5. The normalized spacial score (nSPS) is 10.4. The minimum atomic E-state index is -0.607. The molecule has 3 aromatic rings. The number of fused-ring (bicyclic) bond motifs is 1. The van der Waals surface area contributed by atoms with Crippen molar-refractivity contribution >= 4 is 16.7 Å². The monoisotopic (exact) mass is 341 g/mol. The van der Waals surface area contributed by atoms with Gasteiger partial charge >= 0.3 is 0 Å². The molecular formula is C19H14F3N3. The Morgan fingerprint density at radius 1 is 1.00 bits per heavy atom. The summed E-state index contributed by atoms with van der Waals surface area (Å²) in [4.78, 5) is 7.74. The van der Waals surface area contributed by atoms with Crippen LogP contribution in [-0.4, -0.2) is 16.5 Å². The van der Waals surface area contributed by atoms with Crippen molar-refractivity contribution in [2.24, 2.45) is 0 Å². The van der Waals surface area contributed by atoms with Gasteiger partial charge in [-0.15, -0.1) is 0 Å². The van der Waals surface area contributed by atoms with E-state index in [0.29, 0.717) is 24.1 Å². The van der Waals surface area contributed by atoms with Crippen LogP contribution in [-0.2, 0) is 6.67 Å². The molecule has 1 N–H and O–H groups in total. The topological polar surface area (TPSA) is 37.8 Å². The third kappa shape index (κ3) is 3.72. The Morgan fingerprint density at radius 2 is 1.80 bits per heavy atom. The molecule has 126 valence electrons. The van der Waals surface area contributed by atoms with Gasteiger partial charge in [-0.3, -0.25) is 0 Å². The van der Waals surface area contributed by atoms with E-state index in [9.17, 15) is 13.2 Å². The molecule has 0 spiro atoms. The predicted molar refractivity (Wildman–Crippen MR) is 90.7 cm³/mol. The second-order valence-electron chi connectivity index (χ2n) is 5.24. The minimum Gasteiger partial charge on any atom is -0.368 e. The Hall–Kier alpha value is -3.07. The summed E-state index contributed by atoms with van der Waals surface area (Å²) in [5.74, 6) is 4.86. The molecule has 1 aromatic heterocycles. The summed E-state index contributed by atoms with van der Waals surface area (Å²) in [5.41, 5.74) is 1.12. The first-order valence-corrected chi connectivity index (χ1v) is 7.66. The fraction of sp³-hybridized carbons (Fsp3) is 0.158. The van der Waals surface area contributed by atoms with E-state index in [4.69, 9.17) is 0 Å². The van der Waals surface area contributed by atoms with Gasteiger partial charge in [-0.05, 0) is 23.8 Å². The van der Waals surface area contributed by atoms with Crippen LogP contribution in [0.1, 0.15) is 17.5 Å². The van der Waals surface area contributed by atoms with Gasteiger partial charge in [0.15, 0.2) is 0 Å². The molecule has 3 rings (SSSR count). The molecule has 25 heavy (non-hydrogen) atoms. The first-order valence-electron chi connectivity index (χ1n) is 7.66. The highest BCUT2D eigenvalue weighted by molar-refractivity contribution is 5.89. The van der Waals surface area contributed by atoms with Crippen molar-refractivity contribution in [3.05, 3.63) is 65.5 Å². The summed E-state index contributed by atoms with van der Waals surface area (Å²) in [6, 6.07) is 9.07. The highest BCUT2D eigenvalue weighted by Crippen LogP contribution is 2.24. The van der Waals surface area contributed by atoms with E-state index in [1.165, 1.54) is 6.33 Å². The minimum absolute atomic E-state index is 0.0123. The Bertz CT molecular complexity index is 961. The number of anilines is 1. The van der Waals surface area contributed by atoms with E-state index >= 15 is 0 Å². The van der Waals surface area contributed by atoms with Gasteiger partial charge in [0, 0.05) is 18.5 Å². The fourth-order valence-corrected chi connectivity index (χ4v) is 2.40. The number of aromatic nitrogens is 2. The van der Waals surface area contributed by atoms with Gasteiger partial charge in [0.2, 0.25) is 0 Å². The number of nitrogens with zero attached hydrogens (tertiary/aromatic N) is 2. The number of rotatable bonds is 4. The van der Waals surface area contributed by atoms with Crippen molar-refractivity contribution in [2.75, 3.05) is 11.9 Å². The van der Waals surface area contributed by atoms with Gasteiger partial charge in [0.1, 0.15) is 36.0 Å². The van der Waals surface area contributed by atoms with Gasteiger partial charge in [-0.1, -0.05) is 30.0 Å². The summed E-state index contributed by atoms with van der Waals surface area (Å²) in [6.45, 7) is -0.187. The standard InChI is InChI=1S/C19H14F3N3/c20-11-14-7-2-1-5-13(14)6-3-4-10-23-19-17-15(21)8-9-16(22)18(17)24-12-25-19/h1-2,5,7-9,12H,4,10-11H2,(H,23,24,25). The number of benzene rings is 2. The smallest absolute Gasteiger partial charge is 0.149 e. The van der Waals surface area contributed by atoms with Gasteiger partial charge in [0.25, 0.3) is 0 Å². The lowest BCUT2D eigenvalue weighted by Crippen LogP contribution is -2.05. The van der Waals surface area contributed by atoms with Crippen molar-refractivity contribution in [3.63, 3.8) is 0 Å². The average molecular weight is 341 g/mol. The van der Waals surface area contributed by atoms with Gasteiger partial charge in [-0.2, -0.15) is 0 Å². The molecule has 0 aliphatic rings. The SMILES string of the molecule is FCc1ccccc1C#CCCNc1ncnc2c(F)ccc(F)c12. The van der Waals surface area contributed by atoms with Gasteiger partial charge in [-0.25, -0.2) is 23.1 Å². The van der Waals surface area contributed by atoms with Gasteiger partial charge < -0.3 is 5.32 Å². The maximum absolute atomic E-state index is 14.0. The lowest BCUT2D eigenvalue weighted by molar-refractivity contribution is 0.484. The molecule has 3 nitrogen and oxygen atoms in total. The quantitative estimate of drug-likeness (QED) is 0.570. The Balaban J connectivity index is 1.71. The van der Waals surface area contributed by atoms with E-state index in [0.717, 1.165) is 12.1 Å². The number of alkyl halides is 1. The second-order valence-corrected chi connectivity index (χ2v) is 5.24. The second kappa shape index (κ2) is 7.67. The van der Waals surface area contributed by atoms with Crippen LogP contribution >= 0.6 is 0 Å². The summed E-state index contributed by atoms with van der Waals surface area (Å²) in [7, 11) is 0. The predicted octanol–water partition coefficient (Wildman–Crippen LogP) is 4.23. The average Bonchev–Trinajstić information content (AvgIpc) is 2.65. The summed E-state index contributed by atoms with van der Waals surface area (Å²) >= 11 is 0. The Kier molecular flexibility index (Phi) is 5.14. The van der Waals surface area contributed by atoms with E-state index in [2.05, 4.69) is 27.1 Å². The summed E-state index contributed by atoms with van der Waals surface area (Å²) in [5, 5.41) is 2.95. The van der Waals surface area contributed by atoms with Crippen molar-refractivity contribution in [2.45, 2.75) is 13.1 Å². The molecule has 1 heterocycles. The van der Waals surface area contributed by atoms with Crippen LogP contribution in [0.4, 0.5) is 19.0 Å². The highest BCUT2D eigenvalue weighted by atomic mass is 19.1. The van der Waals surface area contributed by atoms with Crippen LogP contribution in [0.3, 0.4) is 0 Å². The highest BCUT2D eigenvalue weighted by Gasteiger charge is 2.12. The zero-order valence-electron chi connectivity index (χ0n) is 13.2. The van der Waals surface area contributed by atoms with E-state index in [1.54, 1.807) is 24.3 Å². The van der Waals surface area contributed by atoms with Crippen LogP contribution in [0.5, 0.6) is 0 Å². The zero-order chi connectivity index (χ0) is 17.6. The molecule has 0 amide bonds. The molecule has 0 aliphatic heterocycles. The zero-order valence-corrected chi connectivity index (χ0v) is 13.2. The van der Waals surface area contributed by atoms with Crippen LogP contribution in [0, 0.1) is 23.5 Å². The van der Waals surface area contributed by atoms with E-state index in [-0.39, 0.29) is 16.7 Å². The van der Waals surface area contributed by atoms with E-state index in [1.807, 2.05) is 0 Å². The fourth-order valence-electron chi connectivity index (χ4n) is 2.40. The van der Waals surface area contributed by atoms with Crippen LogP contribution in [0.25, 0.3) is 10.9 Å². The lowest BCUT2D eigenvalue weighted by atomic mass is 10.1. The number of halogens is 3. The van der Waals surface area contributed by atoms with Crippen molar-refractivity contribution in [1.82, 2.24) is 9.97 Å². The molecule has 0 saturated carbocycles. The number of hydrogen-bond donors (Lipinski definition) is 1. The molecular weight excluding hydrogens is 327 g/mol. The molecule has 2 aromatic carbocycles. The molecule has 0 aliphatic carbocycles. The molecule has 6 heteroatoms. The first kappa shape index (κ1) is 16.8. The van der Waals surface area contributed by atoms with Crippen molar-refractivity contribution in [3.8, 4) is 11.8 Å². The third-order valence-electron chi connectivity index (χ3n) is 3.62. The van der Waals surface area contributed by atoms with Crippen molar-refractivity contribution < 1.29 is 13.2 Å².